The molecule has 134 valence electrons. The Morgan fingerprint density at radius 2 is 1.92 bits per heavy atom. The molecule has 3 heterocycles. The van der Waals surface area contributed by atoms with E-state index in [9.17, 15) is 0 Å². The number of piperidine rings is 1. The molecule has 1 aromatic heterocycles. The molecule has 0 radical (unpaired) electrons. The first-order valence-corrected chi connectivity index (χ1v) is 9.91. The molecule has 1 N–H and O–H groups in total. The number of nitrogens with zero attached hydrogens (tertiary/aromatic N) is 2. The zero-order valence-electron chi connectivity index (χ0n) is 15.2. The van der Waals surface area contributed by atoms with Crippen LogP contribution in [0.4, 0.5) is 0 Å². The lowest BCUT2D eigenvalue weighted by Crippen LogP contribution is -2.44. The smallest absolute Gasteiger partial charge is 0.112 e. The van der Waals surface area contributed by atoms with E-state index in [4.69, 9.17) is 16.6 Å². The number of fused-ring (bicyclic) bond motifs is 3. The fourth-order valence-corrected chi connectivity index (χ4v) is 5.32. The highest BCUT2D eigenvalue weighted by Gasteiger charge is 2.47. The van der Waals surface area contributed by atoms with Crippen molar-refractivity contribution in [3.8, 4) is 0 Å². The van der Waals surface area contributed by atoms with Crippen LogP contribution in [0.1, 0.15) is 48.0 Å². The van der Waals surface area contributed by atoms with Gasteiger partial charge in [-0.05, 0) is 74.5 Å². The summed E-state index contributed by atoms with van der Waals surface area (Å²) in [5, 5.41) is 0.806. The van der Waals surface area contributed by atoms with Crippen molar-refractivity contribution in [3.05, 3.63) is 64.4 Å². The predicted molar refractivity (Wildman–Crippen MR) is 107 cm³/mol. The lowest BCUT2D eigenvalue weighted by atomic mass is 9.76. The minimum atomic E-state index is 0.396. The number of hydrogen-bond acceptors (Lipinski definition) is 2. The highest BCUT2D eigenvalue weighted by atomic mass is 35.5. The number of rotatable bonds is 2. The van der Waals surface area contributed by atoms with Crippen molar-refractivity contribution in [1.29, 1.82) is 0 Å². The molecule has 2 aliphatic rings. The monoisotopic (exact) mass is 365 g/mol. The van der Waals surface area contributed by atoms with Crippen LogP contribution in [0, 0.1) is 6.92 Å². The van der Waals surface area contributed by atoms with Gasteiger partial charge in [-0.3, -0.25) is 4.90 Å². The first kappa shape index (κ1) is 16.3. The van der Waals surface area contributed by atoms with E-state index >= 15 is 0 Å². The van der Waals surface area contributed by atoms with Crippen molar-refractivity contribution in [2.24, 2.45) is 0 Å². The first-order chi connectivity index (χ1) is 12.6. The van der Waals surface area contributed by atoms with E-state index in [1.165, 1.54) is 30.4 Å². The third kappa shape index (κ3) is 2.57. The summed E-state index contributed by atoms with van der Waals surface area (Å²) < 4.78 is 0. The number of imidazole rings is 1. The highest BCUT2D eigenvalue weighted by molar-refractivity contribution is 6.30. The van der Waals surface area contributed by atoms with Gasteiger partial charge in [-0.15, -0.1) is 0 Å². The Balaban J connectivity index is 1.61. The molecular weight excluding hydrogens is 342 g/mol. The maximum Gasteiger partial charge on any atom is 0.112 e. The lowest BCUT2D eigenvalue weighted by molar-refractivity contribution is 0.134. The van der Waals surface area contributed by atoms with E-state index in [-0.39, 0.29) is 0 Å². The number of benzene rings is 2. The Labute approximate surface area is 159 Å². The normalized spacial score (nSPS) is 28.7. The summed E-state index contributed by atoms with van der Waals surface area (Å²) in [4.78, 5) is 11.3. The molecular formula is C22H24ClN3. The van der Waals surface area contributed by atoms with Crippen LogP contribution in [0.5, 0.6) is 0 Å². The van der Waals surface area contributed by atoms with Crippen LogP contribution in [0.2, 0.25) is 5.02 Å². The largest absolute Gasteiger partial charge is 0.342 e. The minimum absolute atomic E-state index is 0.396. The molecule has 2 fully saturated rings. The summed E-state index contributed by atoms with van der Waals surface area (Å²) in [6.45, 7) is 2.13. The zero-order valence-corrected chi connectivity index (χ0v) is 16.0. The van der Waals surface area contributed by atoms with Gasteiger partial charge in [0, 0.05) is 23.0 Å². The fraction of sp³-hybridized carbons (Fsp3) is 0.409. The van der Waals surface area contributed by atoms with Gasteiger partial charge < -0.3 is 4.98 Å². The van der Waals surface area contributed by atoms with Gasteiger partial charge in [-0.25, -0.2) is 4.98 Å². The molecule has 0 amide bonds. The van der Waals surface area contributed by atoms with Crippen molar-refractivity contribution in [1.82, 2.24) is 14.9 Å². The fourth-order valence-electron chi connectivity index (χ4n) is 5.19. The molecule has 4 atom stereocenters. The molecule has 2 aromatic carbocycles. The highest BCUT2D eigenvalue weighted by Crippen LogP contribution is 2.50. The van der Waals surface area contributed by atoms with E-state index < -0.39 is 0 Å². The third-order valence-corrected chi connectivity index (χ3v) is 6.79. The van der Waals surface area contributed by atoms with Crippen LogP contribution in [0.15, 0.2) is 42.5 Å². The summed E-state index contributed by atoms with van der Waals surface area (Å²) in [5.74, 6) is 2.03. The third-order valence-electron chi connectivity index (χ3n) is 6.54. The van der Waals surface area contributed by atoms with Crippen molar-refractivity contribution in [2.75, 3.05) is 7.05 Å². The van der Waals surface area contributed by atoms with Crippen LogP contribution in [0.3, 0.4) is 0 Å². The Kier molecular flexibility index (Phi) is 3.84. The van der Waals surface area contributed by atoms with Crippen LogP contribution >= 0.6 is 11.6 Å². The van der Waals surface area contributed by atoms with Gasteiger partial charge in [0.2, 0.25) is 0 Å². The van der Waals surface area contributed by atoms with Crippen LogP contribution in [-0.4, -0.2) is 34.0 Å². The van der Waals surface area contributed by atoms with Crippen LogP contribution in [-0.2, 0) is 0 Å². The van der Waals surface area contributed by atoms with Gasteiger partial charge in [0.25, 0.3) is 0 Å². The van der Waals surface area contributed by atoms with Crippen molar-refractivity contribution in [3.63, 3.8) is 0 Å². The minimum Gasteiger partial charge on any atom is -0.342 e. The Morgan fingerprint density at radius 1 is 1.12 bits per heavy atom. The van der Waals surface area contributed by atoms with Gasteiger partial charge in [-0.1, -0.05) is 29.8 Å². The summed E-state index contributed by atoms with van der Waals surface area (Å²) >= 11 is 6.14. The number of aromatic nitrogens is 2. The number of aryl methyl sites for hydroxylation is 1. The standard InChI is InChI=1S/C22H24ClN3/c1-13-3-9-18-19(11-13)25-22(24-18)21-17(14-4-6-15(23)7-5-14)12-16-8-10-20(21)26(16)2/h3-7,9,11,16-17,20-21H,8,10,12H2,1-2H3,(H,24,25)/t16-,17?,20?,21+/m1/s1. The van der Waals surface area contributed by atoms with E-state index in [1.807, 2.05) is 12.1 Å². The summed E-state index contributed by atoms with van der Waals surface area (Å²) in [6, 6.07) is 16.2. The van der Waals surface area contributed by atoms with E-state index in [2.05, 4.69) is 54.2 Å². The molecule has 2 saturated heterocycles. The van der Waals surface area contributed by atoms with Crippen LogP contribution in [0.25, 0.3) is 11.0 Å². The number of likely N-dealkylation sites (N-methyl/N-ethyl adjacent to an activating group) is 1. The van der Waals surface area contributed by atoms with Gasteiger partial charge >= 0.3 is 0 Å². The molecule has 3 aromatic rings. The second kappa shape index (κ2) is 6.11. The molecule has 5 rings (SSSR count). The lowest BCUT2D eigenvalue weighted by Gasteiger charge is -2.42. The molecule has 2 bridgehead atoms. The summed E-state index contributed by atoms with van der Waals surface area (Å²) in [5.41, 5.74) is 4.88. The molecule has 0 aliphatic carbocycles. The number of aromatic amines is 1. The summed E-state index contributed by atoms with van der Waals surface area (Å²) in [7, 11) is 2.29. The number of H-pyrrole nitrogens is 1. The Hall–Kier alpha value is -1.84. The Bertz CT molecular complexity index is 946. The first-order valence-electron chi connectivity index (χ1n) is 9.54. The van der Waals surface area contributed by atoms with Crippen molar-refractivity contribution in [2.45, 2.75) is 50.1 Å². The topological polar surface area (TPSA) is 31.9 Å². The van der Waals surface area contributed by atoms with Gasteiger partial charge in [0.1, 0.15) is 5.82 Å². The van der Waals surface area contributed by atoms with Gasteiger partial charge in [0.05, 0.1) is 11.0 Å². The van der Waals surface area contributed by atoms with Crippen LogP contribution < -0.4 is 0 Å². The average Bonchev–Trinajstić information content (AvgIpc) is 3.13. The zero-order chi connectivity index (χ0) is 17.8. The average molecular weight is 366 g/mol. The van der Waals surface area contributed by atoms with E-state index in [0.717, 1.165) is 21.9 Å². The molecule has 0 saturated carbocycles. The van der Waals surface area contributed by atoms with Gasteiger partial charge in [-0.2, -0.15) is 0 Å². The molecule has 4 heteroatoms. The second-order valence-electron chi connectivity index (χ2n) is 8.03. The maximum absolute atomic E-state index is 6.14. The number of nitrogens with one attached hydrogen (secondary N) is 1. The number of halogens is 1. The molecule has 2 aliphatic heterocycles. The molecule has 3 nitrogen and oxygen atoms in total. The quantitative estimate of drug-likeness (QED) is 0.671. The van der Waals surface area contributed by atoms with Gasteiger partial charge in [0.15, 0.2) is 0 Å². The second-order valence-corrected chi connectivity index (χ2v) is 8.46. The SMILES string of the molecule is Cc1ccc2nc([C@H]3C(c4ccc(Cl)cc4)C[C@H]4CCC3N4C)[nH]c2c1. The molecule has 26 heavy (non-hydrogen) atoms. The maximum atomic E-state index is 6.14. The molecule has 0 spiro atoms. The van der Waals surface area contributed by atoms with E-state index in [0.29, 0.717) is 23.9 Å². The molecule has 2 unspecified atom stereocenters. The van der Waals surface area contributed by atoms with Crippen molar-refractivity contribution >= 4 is 22.6 Å². The Morgan fingerprint density at radius 3 is 2.73 bits per heavy atom. The predicted octanol–water partition coefficient (Wildman–Crippen LogP) is 5.26. The van der Waals surface area contributed by atoms with Crippen molar-refractivity contribution < 1.29 is 0 Å². The number of hydrogen-bond donors (Lipinski definition) is 1. The summed E-state index contributed by atoms with van der Waals surface area (Å²) in [6.07, 6.45) is 3.74. The van der Waals surface area contributed by atoms with E-state index in [1.54, 1.807) is 0 Å².